The lowest BCUT2D eigenvalue weighted by Gasteiger charge is -1.94. The fraction of sp³-hybridized carbons (Fsp3) is 0.231. The van der Waals surface area contributed by atoms with Crippen LogP contribution in [0.3, 0.4) is 0 Å². The van der Waals surface area contributed by atoms with E-state index in [9.17, 15) is 0 Å². The molecular formula is C13H12BrN5OS2. The molecule has 1 aromatic carbocycles. The van der Waals surface area contributed by atoms with Crippen LogP contribution >= 0.6 is 39.0 Å². The van der Waals surface area contributed by atoms with Crippen molar-refractivity contribution >= 4 is 44.2 Å². The number of aromatic nitrogens is 4. The van der Waals surface area contributed by atoms with Crippen LogP contribution in [0.2, 0.25) is 0 Å². The minimum Gasteiger partial charge on any atom is -0.420 e. The summed E-state index contributed by atoms with van der Waals surface area (Å²) in [4.78, 5) is 0. The van der Waals surface area contributed by atoms with Crippen LogP contribution in [0.4, 0.5) is 5.13 Å². The van der Waals surface area contributed by atoms with Crippen molar-refractivity contribution in [2.75, 3.05) is 11.9 Å². The predicted octanol–water partition coefficient (Wildman–Crippen LogP) is 4.07. The van der Waals surface area contributed by atoms with Crippen molar-refractivity contribution in [3.63, 3.8) is 0 Å². The summed E-state index contributed by atoms with van der Waals surface area (Å²) in [7, 11) is 0. The smallest absolute Gasteiger partial charge is 0.247 e. The number of rotatable bonds is 6. The zero-order valence-corrected chi connectivity index (χ0v) is 14.8. The third-order valence-electron chi connectivity index (χ3n) is 2.61. The van der Waals surface area contributed by atoms with E-state index in [0.29, 0.717) is 17.5 Å². The third-order valence-corrected chi connectivity index (χ3v) is 5.14. The summed E-state index contributed by atoms with van der Waals surface area (Å²) in [6.45, 7) is 2.86. The highest BCUT2D eigenvalue weighted by molar-refractivity contribution is 9.10. The lowest BCUT2D eigenvalue weighted by Crippen LogP contribution is -1.94. The average molecular weight is 398 g/mol. The van der Waals surface area contributed by atoms with Crippen molar-refractivity contribution < 1.29 is 4.42 Å². The second-order valence-corrected chi connectivity index (χ2v) is 7.32. The normalized spacial score (nSPS) is 10.8. The largest absolute Gasteiger partial charge is 0.420 e. The lowest BCUT2D eigenvalue weighted by molar-refractivity contribution is 0.528. The Balaban J connectivity index is 1.62. The van der Waals surface area contributed by atoms with Gasteiger partial charge in [-0.15, -0.1) is 20.4 Å². The van der Waals surface area contributed by atoms with Crippen LogP contribution in [-0.4, -0.2) is 26.9 Å². The van der Waals surface area contributed by atoms with Gasteiger partial charge in [0.25, 0.3) is 0 Å². The van der Waals surface area contributed by atoms with E-state index in [4.69, 9.17) is 4.42 Å². The molecule has 0 amide bonds. The fourth-order valence-electron chi connectivity index (χ4n) is 1.64. The van der Waals surface area contributed by atoms with Gasteiger partial charge in [0.15, 0.2) is 4.34 Å². The molecule has 0 aliphatic rings. The Labute approximate surface area is 143 Å². The van der Waals surface area contributed by atoms with Crippen molar-refractivity contribution in [1.82, 2.24) is 20.4 Å². The molecule has 1 N–H and O–H groups in total. The van der Waals surface area contributed by atoms with Crippen LogP contribution < -0.4 is 5.32 Å². The maximum absolute atomic E-state index is 5.67. The molecule has 0 radical (unpaired) electrons. The van der Waals surface area contributed by atoms with Crippen LogP contribution in [0, 0.1) is 0 Å². The first-order chi connectivity index (χ1) is 10.7. The number of nitrogens with one attached hydrogen (secondary N) is 1. The Morgan fingerprint density at radius 3 is 2.77 bits per heavy atom. The molecule has 0 spiro atoms. The second-order valence-electron chi connectivity index (χ2n) is 4.20. The van der Waals surface area contributed by atoms with E-state index in [0.717, 1.165) is 26.1 Å². The number of anilines is 1. The number of hydrogen-bond donors (Lipinski definition) is 1. The van der Waals surface area contributed by atoms with Crippen LogP contribution in [0.25, 0.3) is 11.5 Å². The van der Waals surface area contributed by atoms with Crippen LogP contribution in [0.15, 0.2) is 37.5 Å². The minimum atomic E-state index is 0.522. The van der Waals surface area contributed by atoms with Crippen LogP contribution in [0.1, 0.15) is 12.8 Å². The standard InChI is InChI=1S/C13H12BrN5OS2/c1-2-15-12-18-19-13(22-12)21-7-10-16-17-11(20-10)8-3-5-9(14)6-4-8/h3-6H,2,7H2,1H3,(H,15,18). The van der Waals surface area contributed by atoms with Gasteiger partial charge >= 0.3 is 0 Å². The highest BCUT2D eigenvalue weighted by Crippen LogP contribution is 2.29. The predicted molar refractivity (Wildman–Crippen MR) is 91.1 cm³/mol. The molecule has 6 nitrogen and oxygen atoms in total. The zero-order chi connectivity index (χ0) is 15.4. The molecule has 0 saturated carbocycles. The first-order valence-corrected chi connectivity index (χ1v) is 9.12. The Morgan fingerprint density at radius 2 is 2.00 bits per heavy atom. The summed E-state index contributed by atoms with van der Waals surface area (Å²) in [5.74, 6) is 1.67. The minimum absolute atomic E-state index is 0.522. The topological polar surface area (TPSA) is 76.7 Å². The van der Waals surface area contributed by atoms with Gasteiger partial charge in [-0.1, -0.05) is 39.0 Å². The van der Waals surface area contributed by atoms with Gasteiger partial charge in [0, 0.05) is 16.6 Å². The maximum atomic E-state index is 5.67. The van der Waals surface area contributed by atoms with Gasteiger partial charge in [0.2, 0.25) is 16.9 Å². The molecule has 3 aromatic rings. The van der Waals surface area contributed by atoms with E-state index >= 15 is 0 Å². The zero-order valence-electron chi connectivity index (χ0n) is 11.6. The summed E-state index contributed by atoms with van der Waals surface area (Å²) in [6, 6.07) is 7.75. The molecule has 2 heterocycles. The third kappa shape index (κ3) is 3.84. The van der Waals surface area contributed by atoms with Gasteiger partial charge in [0.1, 0.15) is 0 Å². The van der Waals surface area contributed by atoms with E-state index in [1.807, 2.05) is 31.2 Å². The molecule has 114 valence electrons. The van der Waals surface area contributed by atoms with Gasteiger partial charge < -0.3 is 9.73 Å². The quantitative estimate of drug-likeness (QED) is 0.627. The lowest BCUT2D eigenvalue weighted by atomic mass is 10.2. The number of thioether (sulfide) groups is 1. The average Bonchev–Trinajstić information content (AvgIpc) is 3.16. The molecule has 0 bridgehead atoms. The van der Waals surface area contributed by atoms with E-state index < -0.39 is 0 Å². The van der Waals surface area contributed by atoms with Gasteiger partial charge in [-0.25, -0.2) is 0 Å². The number of halogens is 1. The molecule has 9 heteroatoms. The van der Waals surface area contributed by atoms with Crippen molar-refractivity contribution in [3.05, 3.63) is 34.6 Å². The molecule has 0 aliphatic heterocycles. The Bertz CT molecular complexity index is 743. The summed E-state index contributed by atoms with van der Waals surface area (Å²) >= 11 is 6.45. The summed E-state index contributed by atoms with van der Waals surface area (Å²) in [5, 5.41) is 20.2. The summed E-state index contributed by atoms with van der Waals surface area (Å²) in [6.07, 6.45) is 0. The van der Waals surface area contributed by atoms with Gasteiger partial charge in [-0.05, 0) is 31.2 Å². The van der Waals surface area contributed by atoms with E-state index in [1.165, 1.54) is 23.1 Å². The van der Waals surface area contributed by atoms with Crippen LogP contribution in [0.5, 0.6) is 0 Å². The molecule has 0 unspecified atom stereocenters. The van der Waals surface area contributed by atoms with Crippen molar-refractivity contribution in [1.29, 1.82) is 0 Å². The first-order valence-electron chi connectivity index (χ1n) is 6.53. The molecule has 0 aliphatic carbocycles. The number of benzene rings is 1. The van der Waals surface area contributed by atoms with E-state index in [-0.39, 0.29) is 0 Å². The monoisotopic (exact) mass is 397 g/mol. The molecular weight excluding hydrogens is 386 g/mol. The summed E-state index contributed by atoms with van der Waals surface area (Å²) in [5.41, 5.74) is 0.900. The molecule has 22 heavy (non-hydrogen) atoms. The number of hydrogen-bond acceptors (Lipinski definition) is 8. The molecule has 0 atom stereocenters. The summed E-state index contributed by atoms with van der Waals surface area (Å²) < 4.78 is 7.56. The van der Waals surface area contributed by atoms with E-state index in [1.54, 1.807) is 0 Å². The molecule has 3 rings (SSSR count). The Kier molecular flexibility index (Phi) is 5.06. The molecule has 2 aromatic heterocycles. The first kappa shape index (κ1) is 15.4. The number of nitrogens with zero attached hydrogens (tertiary/aromatic N) is 4. The van der Waals surface area contributed by atoms with Crippen molar-refractivity contribution in [2.45, 2.75) is 17.0 Å². The van der Waals surface area contributed by atoms with Gasteiger partial charge in [0.05, 0.1) is 5.75 Å². The van der Waals surface area contributed by atoms with Crippen LogP contribution in [-0.2, 0) is 5.75 Å². The molecule has 0 saturated heterocycles. The van der Waals surface area contributed by atoms with Gasteiger partial charge in [-0.3, -0.25) is 0 Å². The SMILES string of the molecule is CCNc1nnc(SCc2nnc(-c3ccc(Br)cc3)o2)s1. The Hall–Kier alpha value is -1.45. The highest BCUT2D eigenvalue weighted by Gasteiger charge is 2.11. The molecule has 0 fully saturated rings. The second kappa shape index (κ2) is 7.21. The fourth-order valence-corrected chi connectivity index (χ4v) is 3.56. The Morgan fingerprint density at radius 1 is 1.18 bits per heavy atom. The van der Waals surface area contributed by atoms with Crippen molar-refractivity contribution in [3.8, 4) is 11.5 Å². The van der Waals surface area contributed by atoms with Gasteiger partial charge in [-0.2, -0.15) is 0 Å². The maximum Gasteiger partial charge on any atom is 0.247 e. The van der Waals surface area contributed by atoms with E-state index in [2.05, 4.69) is 41.6 Å². The highest BCUT2D eigenvalue weighted by atomic mass is 79.9. The van der Waals surface area contributed by atoms with Crippen molar-refractivity contribution in [2.24, 2.45) is 0 Å².